The molecule has 0 unspecified atom stereocenters. The Hall–Kier alpha value is -1.99. The number of carbonyl (C=O) groups is 2. The second kappa shape index (κ2) is 5.90. The Labute approximate surface area is 137 Å². The molecule has 2 N–H and O–H groups in total. The number of hydrogen-bond acceptors (Lipinski definition) is 5. The van der Waals surface area contributed by atoms with Gasteiger partial charge < -0.3 is 15.5 Å². The van der Waals surface area contributed by atoms with Crippen LogP contribution in [0.2, 0.25) is 0 Å². The minimum Gasteiger partial charge on any atom is -0.346 e. The highest BCUT2D eigenvalue weighted by molar-refractivity contribution is 7.17. The number of hydrogen-bond donors (Lipinski definition) is 2. The molecule has 6 nitrogen and oxygen atoms in total. The second-order valence-electron chi connectivity index (χ2n) is 6.20. The van der Waals surface area contributed by atoms with Gasteiger partial charge in [0.25, 0.3) is 5.91 Å². The molecular weight excluding hydrogens is 312 g/mol. The fourth-order valence-electron chi connectivity index (χ4n) is 3.60. The van der Waals surface area contributed by atoms with Gasteiger partial charge in [-0.25, -0.2) is 4.98 Å². The van der Waals surface area contributed by atoms with Crippen LogP contribution in [0.15, 0.2) is 17.6 Å². The van der Waals surface area contributed by atoms with Crippen molar-refractivity contribution in [2.75, 3.05) is 25.0 Å². The number of pyridine rings is 1. The largest absolute Gasteiger partial charge is 0.346 e. The number of fused-ring (bicyclic) bond motifs is 4. The molecular formula is C16H18N4O2S. The van der Waals surface area contributed by atoms with Crippen molar-refractivity contribution in [2.45, 2.75) is 18.9 Å². The molecule has 0 aromatic carbocycles. The molecule has 2 aromatic heterocycles. The average Bonchev–Trinajstić information content (AvgIpc) is 2.99. The number of thiophene rings is 1. The maximum Gasteiger partial charge on any atom is 0.270 e. The van der Waals surface area contributed by atoms with Crippen LogP contribution in [0, 0.1) is 5.92 Å². The summed E-state index contributed by atoms with van der Waals surface area (Å²) >= 11 is 1.50. The van der Waals surface area contributed by atoms with E-state index in [1.54, 1.807) is 12.3 Å². The molecule has 120 valence electrons. The van der Waals surface area contributed by atoms with Crippen molar-refractivity contribution in [1.29, 1.82) is 0 Å². The van der Waals surface area contributed by atoms with Crippen molar-refractivity contribution in [2.24, 2.45) is 5.92 Å². The van der Waals surface area contributed by atoms with Gasteiger partial charge in [-0.1, -0.05) is 0 Å². The quantitative estimate of drug-likeness (QED) is 0.837. The monoisotopic (exact) mass is 330 g/mol. The van der Waals surface area contributed by atoms with Crippen molar-refractivity contribution in [1.82, 2.24) is 15.2 Å². The number of amides is 2. The third kappa shape index (κ3) is 2.70. The molecule has 2 bridgehead atoms. The maximum atomic E-state index is 12.5. The molecule has 23 heavy (non-hydrogen) atoms. The normalized spacial score (nSPS) is 26.2. The number of carbonyl (C=O) groups excluding carboxylic acids is 2. The summed E-state index contributed by atoms with van der Waals surface area (Å²) < 4.78 is 0.953. The van der Waals surface area contributed by atoms with Gasteiger partial charge in [-0.15, -0.1) is 11.3 Å². The number of piperidine rings is 3. The summed E-state index contributed by atoms with van der Waals surface area (Å²) in [5.41, 5.74) is 1.13. The first kappa shape index (κ1) is 14.6. The molecule has 5 rings (SSSR count). The summed E-state index contributed by atoms with van der Waals surface area (Å²) in [6.45, 7) is 3.24. The van der Waals surface area contributed by atoms with E-state index in [0.29, 0.717) is 18.0 Å². The van der Waals surface area contributed by atoms with E-state index in [1.807, 2.05) is 5.38 Å². The third-order valence-electron chi connectivity index (χ3n) is 4.88. The third-order valence-corrected chi connectivity index (χ3v) is 5.81. The molecule has 0 spiro atoms. The highest BCUT2D eigenvalue weighted by Gasteiger charge is 2.35. The molecule has 0 saturated carbocycles. The SMILES string of the molecule is O=CNc1csc2cnc(C(=O)N[C@H]3CN4CCC3CC4)cc12. The van der Waals surface area contributed by atoms with Gasteiger partial charge in [0.15, 0.2) is 0 Å². The molecule has 1 atom stereocenters. The zero-order valence-electron chi connectivity index (χ0n) is 12.6. The zero-order valence-corrected chi connectivity index (χ0v) is 13.4. The lowest BCUT2D eigenvalue weighted by molar-refractivity contribution is -0.105. The van der Waals surface area contributed by atoms with Crippen LogP contribution in [0.1, 0.15) is 23.3 Å². The molecule has 0 aliphatic carbocycles. The van der Waals surface area contributed by atoms with E-state index >= 15 is 0 Å². The van der Waals surface area contributed by atoms with Gasteiger partial charge in [-0.3, -0.25) is 9.59 Å². The van der Waals surface area contributed by atoms with Crippen molar-refractivity contribution in [3.05, 3.63) is 23.3 Å². The lowest BCUT2D eigenvalue weighted by Gasteiger charge is -2.44. The van der Waals surface area contributed by atoms with Crippen molar-refractivity contribution < 1.29 is 9.59 Å². The Morgan fingerprint density at radius 3 is 2.91 bits per heavy atom. The first-order valence-corrected chi connectivity index (χ1v) is 8.73. The van der Waals surface area contributed by atoms with Gasteiger partial charge in [-0.05, 0) is 37.9 Å². The minimum absolute atomic E-state index is 0.131. The number of nitrogens with one attached hydrogen (secondary N) is 2. The van der Waals surface area contributed by atoms with E-state index in [0.717, 1.165) is 48.2 Å². The number of rotatable bonds is 4. The Balaban J connectivity index is 1.54. The summed E-state index contributed by atoms with van der Waals surface area (Å²) in [7, 11) is 0. The molecule has 3 aliphatic rings. The first-order valence-electron chi connectivity index (χ1n) is 7.85. The van der Waals surface area contributed by atoms with Crippen molar-refractivity contribution >= 4 is 39.4 Å². The van der Waals surface area contributed by atoms with Crippen LogP contribution in [0.5, 0.6) is 0 Å². The molecule has 3 saturated heterocycles. The minimum atomic E-state index is -0.131. The van der Waals surface area contributed by atoms with Gasteiger partial charge in [0, 0.05) is 29.5 Å². The van der Waals surface area contributed by atoms with E-state index in [4.69, 9.17) is 0 Å². The summed E-state index contributed by atoms with van der Waals surface area (Å²) in [5.74, 6) is 0.454. The number of aromatic nitrogens is 1. The average molecular weight is 330 g/mol. The van der Waals surface area contributed by atoms with Crippen molar-refractivity contribution in [3.63, 3.8) is 0 Å². The highest BCUT2D eigenvalue weighted by Crippen LogP contribution is 2.30. The zero-order chi connectivity index (χ0) is 15.8. The van der Waals surface area contributed by atoms with Gasteiger partial charge in [0.1, 0.15) is 5.69 Å². The second-order valence-corrected chi connectivity index (χ2v) is 7.11. The van der Waals surface area contributed by atoms with Crippen LogP contribution in [-0.2, 0) is 4.79 Å². The van der Waals surface area contributed by atoms with Gasteiger partial charge in [-0.2, -0.15) is 0 Å². The first-order chi connectivity index (χ1) is 11.2. The van der Waals surface area contributed by atoms with E-state index in [2.05, 4.69) is 20.5 Å². The smallest absolute Gasteiger partial charge is 0.270 e. The van der Waals surface area contributed by atoms with Crippen LogP contribution < -0.4 is 10.6 Å². The molecule has 3 fully saturated rings. The molecule has 2 amide bonds. The number of anilines is 1. The molecule has 5 heterocycles. The fraction of sp³-hybridized carbons (Fsp3) is 0.438. The highest BCUT2D eigenvalue weighted by atomic mass is 32.1. The van der Waals surface area contributed by atoms with Gasteiger partial charge in [0.05, 0.1) is 10.4 Å². The Morgan fingerprint density at radius 2 is 2.22 bits per heavy atom. The Bertz CT molecular complexity index is 752. The summed E-state index contributed by atoms with van der Waals surface area (Å²) in [6.07, 6.45) is 4.67. The molecule has 2 aromatic rings. The van der Waals surface area contributed by atoms with Gasteiger partial charge in [0.2, 0.25) is 6.41 Å². The standard InChI is InChI=1S/C16H18N4O2S/c21-9-18-14-8-23-15-6-17-12(5-11(14)15)16(22)19-13-7-20-3-1-10(13)2-4-20/h5-6,8-10,13H,1-4,7H2,(H,18,21)(H,19,22)/t13-/m0/s1. The van der Waals surface area contributed by atoms with Crippen molar-refractivity contribution in [3.8, 4) is 0 Å². The van der Waals surface area contributed by atoms with Crippen LogP contribution in [0.3, 0.4) is 0 Å². The molecule has 0 radical (unpaired) electrons. The predicted octanol–water partition coefficient (Wildman–Crippen LogP) is 1.69. The molecule has 7 heteroatoms. The van der Waals surface area contributed by atoms with Gasteiger partial charge >= 0.3 is 0 Å². The Morgan fingerprint density at radius 1 is 1.39 bits per heavy atom. The summed E-state index contributed by atoms with van der Waals surface area (Å²) in [4.78, 5) is 29.9. The predicted molar refractivity (Wildman–Crippen MR) is 89.7 cm³/mol. The van der Waals surface area contributed by atoms with E-state index < -0.39 is 0 Å². The topological polar surface area (TPSA) is 74.3 Å². The summed E-state index contributed by atoms with van der Waals surface area (Å²) in [6, 6.07) is 1.98. The van der Waals surface area contributed by atoms with Crippen LogP contribution in [0.4, 0.5) is 5.69 Å². The van der Waals surface area contributed by atoms with Crippen LogP contribution in [-0.4, -0.2) is 47.9 Å². The molecule has 3 aliphatic heterocycles. The maximum absolute atomic E-state index is 12.5. The Kier molecular flexibility index (Phi) is 3.74. The van der Waals surface area contributed by atoms with E-state index in [1.165, 1.54) is 11.3 Å². The van der Waals surface area contributed by atoms with Crippen LogP contribution in [0.25, 0.3) is 10.1 Å². The lowest BCUT2D eigenvalue weighted by Crippen LogP contribution is -2.57. The van der Waals surface area contributed by atoms with E-state index in [9.17, 15) is 9.59 Å². The fourth-order valence-corrected chi connectivity index (χ4v) is 4.45. The summed E-state index contributed by atoms with van der Waals surface area (Å²) in [5, 5.41) is 8.52. The van der Waals surface area contributed by atoms with E-state index in [-0.39, 0.29) is 11.9 Å². The lowest BCUT2D eigenvalue weighted by atomic mass is 9.84. The van der Waals surface area contributed by atoms with Crippen LogP contribution >= 0.6 is 11.3 Å². The number of nitrogens with zero attached hydrogens (tertiary/aromatic N) is 2.